The summed E-state index contributed by atoms with van der Waals surface area (Å²) >= 11 is 0. The van der Waals surface area contributed by atoms with Crippen molar-refractivity contribution in [3.8, 4) is 0 Å². The molecule has 0 aromatic rings. The Hall–Kier alpha value is -0.210. The molecule has 108 valence electrons. The van der Waals surface area contributed by atoms with E-state index in [1.165, 1.54) is 4.31 Å². The summed E-state index contributed by atoms with van der Waals surface area (Å²) in [5.74, 6) is 0.134. The minimum absolute atomic E-state index is 0.134. The van der Waals surface area contributed by atoms with Crippen LogP contribution in [0.1, 0.15) is 13.8 Å². The van der Waals surface area contributed by atoms with E-state index in [1.807, 2.05) is 35.0 Å². The maximum Gasteiger partial charge on any atom is 0.338 e. The van der Waals surface area contributed by atoms with Crippen LogP contribution in [0.2, 0.25) is 0 Å². The molecule has 2 N–H and O–H groups in total. The summed E-state index contributed by atoms with van der Waals surface area (Å²) in [6.45, 7) is 5.42. The molecular formula is C11H26N3O3S+. The quantitative estimate of drug-likeness (QED) is 0.697. The van der Waals surface area contributed by atoms with Gasteiger partial charge in [0, 0.05) is 18.6 Å². The molecule has 0 aromatic carbocycles. The molecule has 0 radical (unpaired) electrons. The molecule has 0 saturated carbocycles. The molecule has 0 bridgehead atoms. The topological polar surface area (TPSA) is 72.6 Å². The number of nitrogens with two attached hydrogens (primary N) is 1. The maximum atomic E-state index is 12.0. The van der Waals surface area contributed by atoms with Gasteiger partial charge in [-0.1, -0.05) is 6.92 Å². The third-order valence-electron chi connectivity index (χ3n) is 3.43. The molecule has 1 rings (SSSR count). The van der Waals surface area contributed by atoms with E-state index in [2.05, 4.69) is 0 Å². The second-order valence-electron chi connectivity index (χ2n) is 6.49. The summed E-state index contributed by atoms with van der Waals surface area (Å²) in [4.78, 5) is 0. The second kappa shape index (κ2) is 5.05. The maximum absolute atomic E-state index is 12.0. The summed E-state index contributed by atoms with van der Waals surface area (Å²) in [5.41, 5.74) is 5.57. The van der Waals surface area contributed by atoms with Crippen molar-refractivity contribution in [1.29, 1.82) is 0 Å². The Kier molecular flexibility index (Phi) is 4.45. The first-order valence-electron chi connectivity index (χ1n) is 6.18. The van der Waals surface area contributed by atoms with Crippen LogP contribution in [0.3, 0.4) is 0 Å². The summed E-state index contributed by atoms with van der Waals surface area (Å²) in [6, 6.07) is 0. The second-order valence-corrected chi connectivity index (χ2v) is 8.10. The van der Waals surface area contributed by atoms with Crippen LogP contribution in [0, 0.1) is 5.92 Å². The number of rotatable bonds is 5. The highest BCUT2D eigenvalue weighted by Crippen LogP contribution is 2.27. The van der Waals surface area contributed by atoms with Crippen LogP contribution in [0.25, 0.3) is 0 Å². The molecule has 2 atom stereocenters. The zero-order valence-electron chi connectivity index (χ0n) is 12.0. The first-order chi connectivity index (χ1) is 7.94. The molecule has 6 nitrogen and oxygen atoms in total. The predicted molar refractivity (Wildman–Crippen MR) is 71.1 cm³/mol. The van der Waals surface area contributed by atoms with Crippen LogP contribution < -0.4 is 5.73 Å². The summed E-state index contributed by atoms with van der Waals surface area (Å²) < 4.78 is 31.1. The molecule has 0 aromatic heterocycles. The minimum atomic E-state index is -3.64. The molecule has 1 fully saturated rings. The number of quaternary nitrogens is 1. The van der Waals surface area contributed by atoms with Gasteiger partial charge in [0.15, 0.2) is 0 Å². The third-order valence-corrected chi connectivity index (χ3v) is 4.81. The Balaban J connectivity index is 2.56. The van der Waals surface area contributed by atoms with Crippen molar-refractivity contribution in [3.05, 3.63) is 0 Å². The van der Waals surface area contributed by atoms with Crippen molar-refractivity contribution in [2.45, 2.75) is 19.4 Å². The minimum Gasteiger partial charge on any atom is -0.329 e. The van der Waals surface area contributed by atoms with Crippen molar-refractivity contribution in [2.75, 3.05) is 47.4 Å². The largest absolute Gasteiger partial charge is 0.338 e. The average Bonchev–Trinajstić information content (AvgIpc) is 2.39. The van der Waals surface area contributed by atoms with E-state index in [0.717, 1.165) is 0 Å². The van der Waals surface area contributed by atoms with Crippen LogP contribution in [0.15, 0.2) is 0 Å². The number of hydrogen-bond donors (Lipinski definition) is 1. The van der Waals surface area contributed by atoms with E-state index in [4.69, 9.17) is 9.92 Å². The molecule has 1 aliphatic heterocycles. The van der Waals surface area contributed by atoms with Gasteiger partial charge in [-0.25, -0.2) is 0 Å². The summed E-state index contributed by atoms with van der Waals surface area (Å²) in [7, 11) is 2.33. The first-order valence-corrected chi connectivity index (χ1v) is 7.54. The molecule has 0 aliphatic carbocycles. The fourth-order valence-electron chi connectivity index (χ4n) is 1.78. The molecule has 0 spiro atoms. The Morgan fingerprint density at radius 1 is 1.44 bits per heavy atom. The van der Waals surface area contributed by atoms with Crippen LogP contribution in [0.4, 0.5) is 0 Å². The number of nitrogens with zero attached hydrogens (tertiary/aromatic N) is 2. The zero-order chi connectivity index (χ0) is 14.2. The lowest BCUT2D eigenvalue weighted by atomic mass is 9.92. The van der Waals surface area contributed by atoms with Gasteiger partial charge in [0.2, 0.25) is 0 Å². The van der Waals surface area contributed by atoms with E-state index < -0.39 is 15.8 Å². The van der Waals surface area contributed by atoms with Crippen molar-refractivity contribution in [1.82, 2.24) is 4.31 Å². The van der Waals surface area contributed by atoms with Crippen LogP contribution >= 0.6 is 0 Å². The fraction of sp³-hybridized carbons (Fsp3) is 1.00. The van der Waals surface area contributed by atoms with Gasteiger partial charge in [0.1, 0.15) is 13.2 Å². The highest BCUT2D eigenvalue weighted by atomic mass is 32.2. The van der Waals surface area contributed by atoms with E-state index >= 15 is 0 Å². The number of likely N-dealkylation sites (N-methyl/N-ethyl adjacent to an activating group) is 1. The molecule has 1 saturated heterocycles. The Morgan fingerprint density at radius 3 is 2.39 bits per heavy atom. The summed E-state index contributed by atoms with van der Waals surface area (Å²) in [6.07, 6.45) is 0. The Bertz CT molecular complexity index is 387. The van der Waals surface area contributed by atoms with E-state index in [-0.39, 0.29) is 12.5 Å². The zero-order valence-corrected chi connectivity index (χ0v) is 12.8. The normalized spacial score (nSPS) is 30.9. The van der Waals surface area contributed by atoms with Gasteiger partial charge in [-0.2, -0.15) is 12.7 Å². The van der Waals surface area contributed by atoms with Gasteiger partial charge in [0.05, 0.1) is 21.1 Å². The van der Waals surface area contributed by atoms with E-state index in [0.29, 0.717) is 24.1 Å². The van der Waals surface area contributed by atoms with Crippen molar-refractivity contribution >= 4 is 10.3 Å². The molecule has 1 heterocycles. The van der Waals surface area contributed by atoms with Gasteiger partial charge >= 0.3 is 10.3 Å². The van der Waals surface area contributed by atoms with Crippen molar-refractivity contribution in [3.63, 3.8) is 0 Å². The standard InChI is InChI=1S/C11H26N3O3S/c1-10-8-13(9-11(10,2)12)18(15,16)17-7-6-14(3,4)5/h10H,6-9,12H2,1-5H3/q+1/t10-,11-/m0/s1. The SMILES string of the molecule is C[C@H]1CN(S(=O)(=O)OCC[N+](C)(C)C)C[C@]1(C)N. The van der Waals surface area contributed by atoms with Gasteiger partial charge in [-0.15, -0.1) is 0 Å². The van der Waals surface area contributed by atoms with Crippen LogP contribution in [-0.2, 0) is 14.5 Å². The lowest BCUT2D eigenvalue weighted by Gasteiger charge is -2.24. The van der Waals surface area contributed by atoms with Crippen LogP contribution in [0.5, 0.6) is 0 Å². The number of hydrogen-bond acceptors (Lipinski definition) is 4. The fourth-order valence-corrected chi connectivity index (χ4v) is 3.05. The average molecular weight is 280 g/mol. The first kappa shape index (κ1) is 15.8. The molecule has 0 unspecified atom stereocenters. The smallest absolute Gasteiger partial charge is 0.329 e. The third kappa shape index (κ3) is 4.17. The molecule has 1 aliphatic rings. The molecular weight excluding hydrogens is 254 g/mol. The Morgan fingerprint density at radius 2 is 2.00 bits per heavy atom. The predicted octanol–water partition coefficient (Wildman–Crippen LogP) is -0.377. The van der Waals surface area contributed by atoms with Crippen LogP contribution in [-0.4, -0.2) is 70.1 Å². The Labute approximate surface area is 111 Å². The summed E-state index contributed by atoms with van der Waals surface area (Å²) in [5, 5.41) is 0. The molecule has 7 heteroatoms. The molecule has 0 amide bonds. The molecule has 18 heavy (non-hydrogen) atoms. The van der Waals surface area contributed by atoms with E-state index in [9.17, 15) is 8.42 Å². The lowest BCUT2D eigenvalue weighted by molar-refractivity contribution is -0.870. The highest BCUT2D eigenvalue weighted by Gasteiger charge is 2.42. The van der Waals surface area contributed by atoms with Crippen molar-refractivity contribution < 1.29 is 17.1 Å². The highest BCUT2D eigenvalue weighted by molar-refractivity contribution is 7.84. The van der Waals surface area contributed by atoms with Gasteiger partial charge in [-0.3, -0.25) is 4.18 Å². The lowest BCUT2D eigenvalue weighted by Crippen LogP contribution is -2.44. The van der Waals surface area contributed by atoms with Gasteiger partial charge in [0.25, 0.3) is 0 Å². The van der Waals surface area contributed by atoms with Crippen molar-refractivity contribution in [2.24, 2.45) is 11.7 Å². The van der Waals surface area contributed by atoms with Gasteiger partial charge in [-0.05, 0) is 12.8 Å². The monoisotopic (exact) mass is 280 g/mol. The van der Waals surface area contributed by atoms with E-state index in [1.54, 1.807) is 0 Å². The van der Waals surface area contributed by atoms with Gasteiger partial charge < -0.3 is 10.2 Å².